The van der Waals surface area contributed by atoms with Gasteiger partial charge in [0.2, 0.25) is 5.91 Å². The molecular formula is C10H18N2O3. The minimum absolute atomic E-state index is 0.150. The minimum Gasteiger partial charge on any atom is -0.480 e. The van der Waals surface area contributed by atoms with Gasteiger partial charge in [-0.25, -0.2) is 4.79 Å². The van der Waals surface area contributed by atoms with Crippen molar-refractivity contribution >= 4 is 11.9 Å². The number of aliphatic carboxylic acids is 1. The molecule has 5 nitrogen and oxygen atoms in total. The lowest BCUT2D eigenvalue weighted by molar-refractivity contribution is -0.141. The second-order valence-electron chi connectivity index (χ2n) is 3.36. The lowest BCUT2D eigenvalue weighted by Crippen LogP contribution is -2.42. The molecule has 1 amide bonds. The van der Waals surface area contributed by atoms with Crippen molar-refractivity contribution in [1.82, 2.24) is 5.32 Å². The molecule has 86 valence electrons. The molecule has 0 aromatic carbocycles. The number of rotatable bonds is 7. The molecule has 2 unspecified atom stereocenters. The topological polar surface area (TPSA) is 92.4 Å². The summed E-state index contributed by atoms with van der Waals surface area (Å²) < 4.78 is 0. The normalized spacial score (nSPS) is 14.0. The van der Waals surface area contributed by atoms with Gasteiger partial charge in [0.05, 0.1) is 0 Å². The van der Waals surface area contributed by atoms with E-state index < -0.39 is 12.0 Å². The van der Waals surface area contributed by atoms with Crippen molar-refractivity contribution in [2.75, 3.05) is 0 Å². The molecule has 0 aliphatic carbocycles. The molecule has 0 aromatic rings. The van der Waals surface area contributed by atoms with Crippen LogP contribution in [0.1, 0.15) is 26.2 Å². The van der Waals surface area contributed by atoms with Gasteiger partial charge in [0.25, 0.3) is 0 Å². The van der Waals surface area contributed by atoms with Gasteiger partial charge in [0.1, 0.15) is 6.04 Å². The largest absolute Gasteiger partial charge is 0.480 e. The first-order chi connectivity index (χ1) is 7.01. The van der Waals surface area contributed by atoms with Crippen molar-refractivity contribution in [1.29, 1.82) is 0 Å². The number of carboxylic acids is 1. The van der Waals surface area contributed by atoms with Crippen LogP contribution in [0.25, 0.3) is 0 Å². The molecule has 5 heteroatoms. The second-order valence-corrected chi connectivity index (χ2v) is 3.36. The van der Waals surface area contributed by atoms with E-state index in [4.69, 9.17) is 10.8 Å². The molecular weight excluding hydrogens is 196 g/mol. The van der Waals surface area contributed by atoms with Crippen molar-refractivity contribution < 1.29 is 14.7 Å². The summed E-state index contributed by atoms with van der Waals surface area (Å²) in [6.45, 7) is 5.30. The first-order valence-corrected chi connectivity index (χ1v) is 4.89. The molecule has 0 saturated heterocycles. The number of carbonyl (C=O) groups is 2. The highest BCUT2D eigenvalue weighted by Gasteiger charge is 2.18. The summed E-state index contributed by atoms with van der Waals surface area (Å²) in [6, 6.07) is -1.12. The lowest BCUT2D eigenvalue weighted by atomic mass is 10.1. The van der Waals surface area contributed by atoms with E-state index in [0.29, 0.717) is 6.42 Å². The van der Waals surface area contributed by atoms with Crippen LogP contribution >= 0.6 is 0 Å². The summed E-state index contributed by atoms with van der Waals surface area (Å²) >= 11 is 0. The van der Waals surface area contributed by atoms with Crippen LogP contribution in [0.15, 0.2) is 12.7 Å². The highest BCUT2D eigenvalue weighted by Crippen LogP contribution is 1.97. The van der Waals surface area contributed by atoms with Crippen LogP contribution in [0.4, 0.5) is 0 Å². The van der Waals surface area contributed by atoms with Gasteiger partial charge in [0.15, 0.2) is 0 Å². The quantitative estimate of drug-likeness (QED) is 0.530. The highest BCUT2D eigenvalue weighted by molar-refractivity contribution is 5.83. The van der Waals surface area contributed by atoms with E-state index in [0.717, 1.165) is 0 Å². The van der Waals surface area contributed by atoms with Crippen LogP contribution in [0.5, 0.6) is 0 Å². The molecule has 0 saturated carbocycles. The average molecular weight is 214 g/mol. The fraction of sp³-hybridized carbons (Fsp3) is 0.600. The van der Waals surface area contributed by atoms with E-state index in [1.807, 2.05) is 6.92 Å². The summed E-state index contributed by atoms with van der Waals surface area (Å²) in [7, 11) is 0. The predicted octanol–water partition coefficient (Wildman–Crippen LogP) is 0.259. The van der Waals surface area contributed by atoms with Crippen molar-refractivity contribution in [3.8, 4) is 0 Å². The van der Waals surface area contributed by atoms with Gasteiger partial charge in [-0.05, 0) is 12.8 Å². The Balaban J connectivity index is 4.10. The molecule has 0 heterocycles. The molecule has 0 aromatic heterocycles. The molecule has 15 heavy (non-hydrogen) atoms. The molecule has 2 atom stereocenters. The molecule has 0 aliphatic heterocycles. The number of hydrogen-bond donors (Lipinski definition) is 3. The van der Waals surface area contributed by atoms with Crippen LogP contribution in [-0.2, 0) is 9.59 Å². The van der Waals surface area contributed by atoms with E-state index in [2.05, 4.69) is 11.9 Å². The maximum atomic E-state index is 11.3. The summed E-state index contributed by atoms with van der Waals surface area (Å²) in [6.07, 6.45) is 2.51. The van der Waals surface area contributed by atoms with Gasteiger partial charge in [0, 0.05) is 12.5 Å². The minimum atomic E-state index is -1.06. The maximum Gasteiger partial charge on any atom is 0.326 e. The highest BCUT2D eigenvalue weighted by atomic mass is 16.4. The van der Waals surface area contributed by atoms with E-state index in [1.165, 1.54) is 6.08 Å². The van der Waals surface area contributed by atoms with Crippen molar-refractivity contribution in [3.63, 3.8) is 0 Å². The molecule has 0 spiro atoms. The lowest BCUT2D eigenvalue weighted by Gasteiger charge is -2.14. The van der Waals surface area contributed by atoms with Crippen molar-refractivity contribution in [2.24, 2.45) is 5.73 Å². The Bertz CT molecular complexity index is 241. The Labute approximate surface area is 89.3 Å². The standard InChI is InChI=1S/C10H18N2O3/c1-3-5-8(10(14)15)12-9(13)6-7(11)4-2/h3,7-8H,1,4-6,11H2,2H3,(H,12,13)(H,14,15). The van der Waals surface area contributed by atoms with E-state index in [-0.39, 0.29) is 24.8 Å². The number of nitrogens with one attached hydrogen (secondary N) is 1. The van der Waals surface area contributed by atoms with Gasteiger partial charge in [-0.3, -0.25) is 4.79 Å². The molecule has 0 bridgehead atoms. The fourth-order valence-electron chi connectivity index (χ4n) is 1.02. The zero-order valence-corrected chi connectivity index (χ0v) is 8.90. The van der Waals surface area contributed by atoms with Gasteiger partial charge in [-0.2, -0.15) is 0 Å². The molecule has 0 fully saturated rings. The van der Waals surface area contributed by atoms with Gasteiger partial charge in [-0.1, -0.05) is 13.0 Å². The second kappa shape index (κ2) is 7.00. The van der Waals surface area contributed by atoms with Gasteiger partial charge < -0.3 is 16.2 Å². The Morgan fingerprint density at radius 3 is 2.60 bits per heavy atom. The van der Waals surface area contributed by atoms with E-state index >= 15 is 0 Å². The zero-order chi connectivity index (χ0) is 11.8. The number of carbonyl (C=O) groups excluding carboxylic acids is 1. The average Bonchev–Trinajstić information content (AvgIpc) is 2.16. The van der Waals surface area contributed by atoms with Crippen LogP contribution in [-0.4, -0.2) is 29.1 Å². The number of amides is 1. The van der Waals surface area contributed by atoms with E-state index in [9.17, 15) is 9.59 Å². The monoisotopic (exact) mass is 214 g/mol. The van der Waals surface area contributed by atoms with Crippen LogP contribution in [0.3, 0.4) is 0 Å². The Morgan fingerprint density at radius 1 is 1.60 bits per heavy atom. The smallest absolute Gasteiger partial charge is 0.326 e. The third-order valence-corrected chi connectivity index (χ3v) is 2.01. The Hall–Kier alpha value is -1.36. The van der Waals surface area contributed by atoms with Gasteiger partial charge >= 0.3 is 5.97 Å². The summed E-state index contributed by atoms with van der Waals surface area (Å²) in [5, 5.41) is 11.1. The first-order valence-electron chi connectivity index (χ1n) is 4.89. The zero-order valence-electron chi connectivity index (χ0n) is 8.90. The Kier molecular flexibility index (Phi) is 6.37. The molecule has 0 radical (unpaired) electrons. The number of nitrogens with two attached hydrogens (primary N) is 1. The summed E-state index contributed by atoms with van der Waals surface area (Å²) in [4.78, 5) is 22.0. The Morgan fingerprint density at radius 2 is 2.20 bits per heavy atom. The summed E-state index contributed by atoms with van der Waals surface area (Å²) in [5.74, 6) is -1.40. The van der Waals surface area contributed by atoms with Crippen LogP contribution in [0, 0.1) is 0 Å². The van der Waals surface area contributed by atoms with Crippen molar-refractivity contribution in [2.45, 2.75) is 38.3 Å². The van der Waals surface area contributed by atoms with E-state index in [1.54, 1.807) is 0 Å². The maximum absolute atomic E-state index is 11.3. The third-order valence-electron chi connectivity index (χ3n) is 2.01. The SMILES string of the molecule is C=CCC(NC(=O)CC(N)CC)C(=O)O. The molecule has 0 rings (SSSR count). The number of carboxylic acid groups (broad SMARTS) is 1. The number of hydrogen-bond acceptors (Lipinski definition) is 3. The molecule has 0 aliphatic rings. The molecule has 4 N–H and O–H groups in total. The predicted molar refractivity (Wildman–Crippen MR) is 57.3 cm³/mol. The van der Waals surface area contributed by atoms with Gasteiger partial charge in [-0.15, -0.1) is 6.58 Å². The summed E-state index contributed by atoms with van der Waals surface area (Å²) in [5.41, 5.74) is 5.57. The third kappa shape index (κ3) is 5.85. The van der Waals surface area contributed by atoms with Crippen LogP contribution < -0.4 is 11.1 Å². The van der Waals surface area contributed by atoms with Crippen LogP contribution in [0.2, 0.25) is 0 Å². The first kappa shape index (κ1) is 13.6. The fourth-order valence-corrected chi connectivity index (χ4v) is 1.02. The van der Waals surface area contributed by atoms with Crippen molar-refractivity contribution in [3.05, 3.63) is 12.7 Å².